The molecule has 0 radical (unpaired) electrons. The van der Waals surface area contributed by atoms with Crippen molar-refractivity contribution in [2.45, 2.75) is 63.0 Å². The lowest BCUT2D eigenvalue weighted by atomic mass is 10.1. The molecule has 130 valence electrons. The second-order valence-corrected chi connectivity index (χ2v) is 6.04. The first-order valence-corrected chi connectivity index (χ1v) is 7.92. The molecular weight excluding hydrogens is 290 g/mol. The third-order valence-electron chi connectivity index (χ3n) is 4.34. The number of nitrogens with zero attached hydrogens (tertiary/aromatic N) is 1. The Morgan fingerprint density at radius 1 is 1.09 bits per heavy atom. The zero-order valence-corrected chi connectivity index (χ0v) is 13.9. The van der Waals surface area contributed by atoms with E-state index in [1.165, 1.54) is 0 Å². The fraction of sp³-hybridized carbons (Fsp3) is 1.00. The number of ether oxygens (including phenoxy) is 4. The van der Waals surface area contributed by atoms with E-state index in [2.05, 4.69) is 0 Å². The van der Waals surface area contributed by atoms with Crippen molar-refractivity contribution in [2.75, 3.05) is 34.4 Å². The molecule has 0 amide bonds. The fourth-order valence-corrected chi connectivity index (χ4v) is 3.12. The zero-order chi connectivity index (χ0) is 16.1. The van der Waals surface area contributed by atoms with E-state index in [1.54, 1.807) is 19.3 Å². The van der Waals surface area contributed by atoms with Gasteiger partial charge >= 0.3 is 0 Å². The van der Waals surface area contributed by atoms with Gasteiger partial charge in [0.2, 0.25) is 0 Å². The van der Waals surface area contributed by atoms with Crippen LogP contribution < -0.4 is 0 Å². The first-order chi connectivity index (χ1) is 10.6. The highest BCUT2D eigenvalue weighted by molar-refractivity contribution is 4.82. The largest absolute Gasteiger partial charge is 0.394 e. The summed E-state index contributed by atoms with van der Waals surface area (Å²) in [5, 5.41) is 11.1. The SMILES string of the molecule is COC1CC(OC)[C@@H](CCN(C)OC2C[C@H](C)O[C@@H]2CO)O1. The van der Waals surface area contributed by atoms with Gasteiger partial charge in [0.1, 0.15) is 12.2 Å². The van der Waals surface area contributed by atoms with Crippen molar-refractivity contribution in [3.05, 3.63) is 0 Å². The summed E-state index contributed by atoms with van der Waals surface area (Å²) < 4.78 is 22.1. The van der Waals surface area contributed by atoms with Crippen molar-refractivity contribution < 1.29 is 28.9 Å². The highest BCUT2D eigenvalue weighted by Gasteiger charge is 2.37. The van der Waals surface area contributed by atoms with Crippen molar-refractivity contribution in [3.8, 4) is 0 Å². The summed E-state index contributed by atoms with van der Waals surface area (Å²) in [5.41, 5.74) is 0. The Morgan fingerprint density at radius 3 is 2.50 bits per heavy atom. The minimum Gasteiger partial charge on any atom is -0.394 e. The van der Waals surface area contributed by atoms with Gasteiger partial charge in [0.05, 0.1) is 24.9 Å². The first-order valence-electron chi connectivity index (χ1n) is 7.92. The molecule has 2 rings (SSSR count). The first kappa shape index (κ1) is 18.1. The van der Waals surface area contributed by atoms with Gasteiger partial charge in [-0.1, -0.05) is 0 Å². The summed E-state index contributed by atoms with van der Waals surface area (Å²) in [6, 6.07) is 0. The predicted octanol–water partition coefficient (Wildman–Crippen LogP) is 0.555. The highest BCUT2D eigenvalue weighted by Crippen LogP contribution is 2.26. The minimum atomic E-state index is -0.246. The highest BCUT2D eigenvalue weighted by atomic mass is 16.7. The number of hydrogen-bond donors (Lipinski definition) is 1. The van der Waals surface area contributed by atoms with Gasteiger partial charge in [0.25, 0.3) is 0 Å². The molecule has 2 heterocycles. The van der Waals surface area contributed by atoms with Crippen LogP contribution in [0.15, 0.2) is 0 Å². The topological polar surface area (TPSA) is 69.6 Å². The third-order valence-corrected chi connectivity index (χ3v) is 4.34. The Kier molecular flexibility index (Phi) is 7.01. The molecule has 7 heteroatoms. The lowest BCUT2D eigenvalue weighted by Gasteiger charge is -2.25. The number of hydroxylamine groups is 2. The maximum absolute atomic E-state index is 9.32. The van der Waals surface area contributed by atoms with Gasteiger partial charge in [-0.2, -0.15) is 5.06 Å². The number of hydrogen-bond acceptors (Lipinski definition) is 7. The molecule has 0 aromatic heterocycles. The molecule has 0 aliphatic carbocycles. The Morgan fingerprint density at radius 2 is 1.86 bits per heavy atom. The normalized spacial score (nSPS) is 39.0. The molecule has 2 aliphatic heterocycles. The van der Waals surface area contributed by atoms with Crippen LogP contribution in [-0.4, -0.2) is 81.4 Å². The average molecular weight is 319 g/mol. The van der Waals surface area contributed by atoms with Gasteiger partial charge in [0.15, 0.2) is 6.29 Å². The quantitative estimate of drug-likeness (QED) is 0.655. The smallest absolute Gasteiger partial charge is 0.160 e. The second kappa shape index (κ2) is 8.54. The van der Waals surface area contributed by atoms with Crippen LogP contribution >= 0.6 is 0 Å². The average Bonchev–Trinajstić information content (AvgIpc) is 3.07. The maximum atomic E-state index is 9.32. The van der Waals surface area contributed by atoms with Gasteiger partial charge in [-0.3, -0.25) is 4.84 Å². The Labute approximate surface area is 132 Å². The Bertz CT molecular complexity index is 331. The van der Waals surface area contributed by atoms with Crippen molar-refractivity contribution >= 4 is 0 Å². The van der Waals surface area contributed by atoms with Crippen LogP contribution in [0.2, 0.25) is 0 Å². The number of aliphatic hydroxyl groups excluding tert-OH is 1. The van der Waals surface area contributed by atoms with Crippen LogP contribution in [0.25, 0.3) is 0 Å². The Balaban J connectivity index is 1.74. The van der Waals surface area contributed by atoms with Crippen LogP contribution in [0.4, 0.5) is 0 Å². The van der Waals surface area contributed by atoms with Gasteiger partial charge in [-0.05, 0) is 13.3 Å². The summed E-state index contributed by atoms with van der Waals surface area (Å²) >= 11 is 0. The van der Waals surface area contributed by atoms with Crippen LogP contribution in [0.3, 0.4) is 0 Å². The summed E-state index contributed by atoms with van der Waals surface area (Å²) in [4.78, 5) is 5.89. The molecular formula is C15H29NO6. The van der Waals surface area contributed by atoms with Crippen LogP contribution in [0.5, 0.6) is 0 Å². The molecule has 22 heavy (non-hydrogen) atoms. The lowest BCUT2D eigenvalue weighted by molar-refractivity contribution is -0.203. The molecule has 0 aromatic rings. The summed E-state index contributed by atoms with van der Waals surface area (Å²) in [6.45, 7) is 2.69. The van der Waals surface area contributed by atoms with Gasteiger partial charge in [-0.25, -0.2) is 0 Å². The molecule has 1 N–H and O–H groups in total. The predicted molar refractivity (Wildman–Crippen MR) is 79.2 cm³/mol. The van der Waals surface area contributed by atoms with Gasteiger partial charge in [-0.15, -0.1) is 0 Å². The van der Waals surface area contributed by atoms with E-state index in [0.29, 0.717) is 6.54 Å². The summed E-state index contributed by atoms with van der Waals surface area (Å²) in [7, 11) is 5.23. The molecule has 0 aromatic carbocycles. The van der Waals surface area contributed by atoms with E-state index in [9.17, 15) is 5.11 Å². The van der Waals surface area contributed by atoms with Crippen molar-refractivity contribution in [1.82, 2.24) is 5.06 Å². The fourth-order valence-electron chi connectivity index (χ4n) is 3.12. The third kappa shape index (κ3) is 4.61. The number of methoxy groups -OCH3 is 2. The molecule has 2 aliphatic rings. The van der Waals surface area contributed by atoms with Gasteiger partial charge in [0, 0.05) is 40.7 Å². The molecule has 2 saturated heterocycles. The summed E-state index contributed by atoms with van der Waals surface area (Å²) in [6.07, 6.45) is 1.99. The Hall–Kier alpha value is -0.280. The van der Waals surface area contributed by atoms with E-state index >= 15 is 0 Å². The van der Waals surface area contributed by atoms with E-state index in [0.717, 1.165) is 19.3 Å². The minimum absolute atomic E-state index is 0.00777. The molecule has 3 unspecified atom stereocenters. The summed E-state index contributed by atoms with van der Waals surface area (Å²) in [5.74, 6) is 0. The van der Waals surface area contributed by atoms with Crippen LogP contribution in [0, 0.1) is 0 Å². The number of aliphatic hydroxyl groups is 1. The zero-order valence-electron chi connectivity index (χ0n) is 13.9. The molecule has 7 nitrogen and oxygen atoms in total. The maximum Gasteiger partial charge on any atom is 0.160 e. The lowest BCUT2D eigenvalue weighted by Crippen LogP contribution is -2.36. The molecule has 2 fully saturated rings. The van der Waals surface area contributed by atoms with E-state index in [1.807, 2.05) is 14.0 Å². The van der Waals surface area contributed by atoms with E-state index in [-0.39, 0.29) is 43.4 Å². The molecule has 0 spiro atoms. The molecule has 0 saturated carbocycles. The monoisotopic (exact) mass is 319 g/mol. The van der Waals surface area contributed by atoms with Crippen molar-refractivity contribution in [2.24, 2.45) is 0 Å². The van der Waals surface area contributed by atoms with E-state index in [4.69, 9.17) is 23.8 Å². The van der Waals surface area contributed by atoms with Crippen molar-refractivity contribution in [1.29, 1.82) is 0 Å². The standard InChI is InChI=1S/C15H29NO6/c1-10-7-13(14(9-17)20-10)22-16(2)6-5-11-12(18-3)8-15(19-4)21-11/h10-15,17H,5-9H2,1-4H3/t10-,11+,12?,13?,14+,15?/m0/s1. The van der Waals surface area contributed by atoms with Crippen molar-refractivity contribution in [3.63, 3.8) is 0 Å². The molecule has 0 bridgehead atoms. The second-order valence-electron chi connectivity index (χ2n) is 6.04. The van der Waals surface area contributed by atoms with Crippen LogP contribution in [0.1, 0.15) is 26.2 Å². The number of rotatable bonds is 8. The molecule has 6 atom stereocenters. The van der Waals surface area contributed by atoms with E-state index < -0.39 is 0 Å². The van der Waals surface area contributed by atoms with Crippen LogP contribution in [-0.2, 0) is 23.8 Å². The van der Waals surface area contributed by atoms with Gasteiger partial charge < -0.3 is 24.1 Å².